The lowest BCUT2D eigenvalue weighted by atomic mass is 9.99. The summed E-state index contributed by atoms with van der Waals surface area (Å²) in [5.41, 5.74) is 0. The van der Waals surface area contributed by atoms with Crippen LogP contribution in [0.25, 0.3) is 0 Å². The lowest BCUT2D eigenvalue weighted by molar-refractivity contribution is -0.167. The third-order valence-electron chi connectivity index (χ3n) is 14.6. The lowest BCUT2D eigenvalue weighted by Crippen LogP contribution is -2.30. The Bertz CT molecular complexity index is 1040. The summed E-state index contributed by atoms with van der Waals surface area (Å²) in [6.07, 6.45) is 59.5. The minimum atomic E-state index is -0.763. The van der Waals surface area contributed by atoms with Gasteiger partial charge in [0.25, 0.3) is 0 Å². The molecular formula is C62H120O6. The Labute approximate surface area is 425 Å². The summed E-state index contributed by atoms with van der Waals surface area (Å²) in [5.74, 6) is 0.877. The van der Waals surface area contributed by atoms with Gasteiger partial charge in [-0.15, -0.1) is 0 Å². The molecule has 404 valence electrons. The van der Waals surface area contributed by atoms with Crippen molar-refractivity contribution >= 4 is 17.9 Å². The van der Waals surface area contributed by atoms with Crippen LogP contribution in [0.15, 0.2) is 0 Å². The Morgan fingerprint density at radius 2 is 0.559 bits per heavy atom. The zero-order valence-electron chi connectivity index (χ0n) is 46.7. The maximum absolute atomic E-state index is 12.9. The molecule has 0 amide bonds. The first-order valence-corrected chi connectivity index (χ1v) is 30.8. The van der Waals surface area contributed by atoms with Crippen LogP contribution in [0.5, 0.6) is 0 Å². The van der Waals surface area contributed by atoms with Gasteiger partial charge in [-0.1, -0.05) is 311 Å². The molecule has 0 aromatic rings. The molecule has 0 N–H and O–H groups in total. The fourth-order valence-corrected chi connectivity index (χ4v) is 9.55. The van der Waals surface area contributed by atoms with Gasteiger partial charge in [0.15, 0.2) is 6.10 Å². The van der Waals surface area contributed by atoms with Crippen LogP contribution in [0.2, 0.25) is 0 Å². The molecule has 0 fully saturated rings. The minimum absolute atomic E-state index is 0.0624. The van der Waals surface area contributed by atoms with Gasteiger partial charge in [0.05, 0.1) is 0 Å². The standard InChI is InChI=1S/C62H120O6/c1-6-8-9-10-11-12-13-14-15-16-17-18-19-23-26-32-37-42-47-52-60(63)66-55-59(56-67-61(64)53-48-43-38-33-29-28-30-35-40-45-50-57(3)4)68-62(65)54-49-44-39-34-27-24-21-20-22-25-31-36-41-46-51-58(5)7-2/h57-59H,6-56H2,1-5H3/t58?,59-/m1/s1. The van der Waals surface area contributed by atoms with E-state index in [4.69, 9.17) is 14.2 Å². The molecule has 0 aliphatic rings. The van der Waals surface area contributed by atoms with Gasteiger partial charge in [-0.2, -0.15) is 0 Å². The van der Waals surface area contributed by atoms with Crippen molar-refractivity contribution in [3.8, 4) is 0 Å². The molecule has 6 heteroatoms. The summed E-state index contributed by atoms with van der Waals surface area (Å²) < 4.78 is 16.9. The van der Waals surface area contributed by atoms with Crippen molar-refractivity contribution in [1.29, 1.82) is 0 Å². The van der Waals surface area contributed by atoms with Crippen molar-refractivity contribution in [3.63, 3.8) is 0 Å². The molecule has 0 aromatic heterocycles. The van der Waals surface area contributed by atoms with E-state index in [0.717, 1.165) is 69.6 Å². The average Bonchev–Trinajstić information content (AvgIpc) is 3.32. The maximum atomic E-state index is 12.9. The SMILES string of the molecule is CCCCCCCCCCCCCCCCCCCCCC(=O)OC[C@H](COC(=O)CCCCCCCCCCCCC(C)C)OC(=O)CCCCCCCCCCCCCCCCC(C)CC. The topological polar surface area (TPSA) is 78.9 Å². The highest BCUT2D eigenvalue weighted by atomic mass is 16.6. The van der Waals surface area contributed by atoms with Crippen LogP contribution in [0.1, 0.15) is 349 Å². The molecule has 0 spiro atoms. The van der Waals surface area contributed by atoms with Gasteiger partial charge in [0.1, 0.15) is 13.2 Å². The number of rotatable bonds is 56. The first-order chi connectivity index (χ1) is 33.3. The van der Waals surface area contributed by atoms with E-state index in [0.29, 0.717) is 19.3 Å². The van der Waals surface area contributed by atoms with Gasteiger partial charge < -0.3 is 14.2 Å². The minimum Gasteiger partial charge on any atom is -0.462 e. The van der Waals surface area contributed by atoms with Gasteiger partial charge in [-0.25, -0.2) is 0 Å². The normalized spacial score (nSPS) is 12.4. The largest absolute Gasteiger partial charge is 0.462 e. The number of carbonyl (C=O) groups excluding carboxylic acids is 3. The second kappa shape index (κ2) is 54.7. The van der Waals surface area contributed by atoms with Crippen molar-refractivity contribution in [1.82, 2.24) is 0 Å². The molecule has 1 unspecified atom stereocenters. The van der Waals surface area contributed by atoms with Crippen LogP contribution < -0.4 is 0 Å². The first-order valence-electron chi connectivity index (χ1n) is 30.8. The summed E-state index contributed by atoms with van der Waals surface area (Å²) >= 11 is 0. The van der Waals surface area contributed by atoms with E-state index in [2.05, 4.69) is 34.6 Å². The molecule has 68 heavy (non-hydrogen) atoms. The molecule has 0 bridgehead atoms. The zero-order valence-corrected chi connectivity index (χ0v) is 46.7. The molecular weight excluding hydrogens is 841 g/mol. The molecule has 0 saturated carbocycles. The Morgan fingerprint density at radius 3 is 0.838 bits per heavy atom. The van der Waals surface area contributed by atoms with E-state index < -0.39 is 6.10 Å². The number of esters is 3. The molecule has 0 aliphatic carbocycles. The van der Waals surface area contributed by atoms with Crippen molar-refractivity contribution in [2.24, 2.45) is 11.8 Å². The highest BCUT2D eigenvalue weighted by Gasteiger charge is 2.19. The van der Waals surface area contributed by atoms with E-state index in [9.17, 15) is 14.4 Å². The summed E-state index contributed by atoms with van der Waals surface area (Å²) in [6.45, 7) is 11.5. The number of carbonyl (C=O) groups is 3. The number of hydrogen-bond donors (Lipinski definition) is 0. The molecule has 0 heterocycles. The van der Waals surface area contributed by atoms with Gasteiger partial charge in [0.2, 0.25) is 0 Å². The third-order valence-corrected chi connectivity index (χ3v) is 14.6. The molecule has 0 radical (unpaired) electrons. The van der Waals surface area contributed by atoms with Crippen LogP contribution >= 0.6 is 0 Å². The summed E-state index contributed by atoms with van der Waals surface area (Å²) in [5, 5.41) is 0. The smallest absolute Gasteiger partial charge is 0.306 e. The van der Waals surface area contributed by atoms with Crippen molar-refractivity contribution in [2.45, 2.75) is 355 Å². The number of unbranched alkanes of at least 4 members (excludes halogenated alkanes) is 40. The van der Waals surface area contributed by atoms with Crippen LogP contribution in [0.4, 0.5) is 0 Å². The second-order valence-electron chi connectivity index (χ2n) is 22.1. The maximum Gasteiger partial charge on any atom is 0.306 e. The van der Waals surface area contributed by atoms with E-state index in [-0.39, 0.29) is 31.1 Å². The highest BCUT2D eigenvalue weighted by Crippen LogP contribution is 2.19. The quantitative estimate of drug-likeness (QED) is 0.0343. The number of hydrogen-bond acceptors (Lipinski definition) is 6. The van der Waals surface area contributed by atoms with Crippen molar-refractivity contribution < 1.29 is 28.6 Å². The molecule has 0 aliphatic heterocycles. The van der Waals surface area contributed by atoms with Crippen molar-refractivity contribution in [2.75, 3.05) is 13.2 Å². The molecule has 0 saturated heterocycles. The Kier molecular flexibility index (Phi) is 53.5. The zero-order chi connectivity index (χ0) is 49.6. The predicted molar refractivity (Wildman–Crippen MR) is 293 cm³/mol. The number of ether oxygens (including phenoxy) is 3. The second-order valence-corrected chi connectivity index (χ2v) is 22.1. The summed E-state index contributed by atoms with van der Waals surface area (Å²) in [4.78, 5) is 38.2. The van der Waals surface area contributed by atoms with E-state index >= 15 is 0 Å². The van der Waals surface area contributed by atoms with Gasteiger partial charge in [0, 0.05) is 19.3 Å². The Morgan fingerprint density at radius 1 is 0.309 bits per heavy atom. The van der Waals surface area contributed by atoms with E-state index in [1.54, 1.807) is 0 Å². The first kappa shape index (κ1) is 66.4. The fraction of sp³-hybridized carbons (Fsp3) is 0.952. The molecule has 0 rings (SSSR count). The average molecular weight is 962 g/mol. The highest BCUT2D eigenvalue weighted by molar-refractivity contribution is 5.71. The van der Waals surface area contributed by atoms with Crippen LogP contribution in [0, 0.1) is 11.8 Å². The van der Waals surface area contributed by atoms with E-state index in [1.807, 2.05) is 0 Å². The Balaban J connectivity index is 4.27. The third kappa shape index (κ3) is 53.8. The lowest BCUT2D eigenvalue weighted by Gasteiger charge is -2.18. The molecule has 0 aromatic carbocycles. The van der Waals surface area contributed by atoms with Crippen molar-refractivity contribution in [3.05, 3.63) is 0 Å². The van der Waals surface area contributed by atoms with E-state index in [1.165, 1.54) is 238 Å². The van der Waals surface area contributed by atoms with Gasteiger partial charge in [-0.05, 0) is 31.1 Å². The van der Waals surface area contributed by atoms with Crippen LogP contribution in [-0.4, -0.2) is 37.2 Å². The molecule has 2 atom stereocenters. The Hall–Kier alpha value is -1.59. The van der Waals surface area contributed by atoms with Gasteiger partial charge in [-0.3, -0.25) is 14.4 Å². The predicted octanol–water partition coefficient (Wildman–Crippen LogP) is 20.4. The molecule has 6 nitrogen and oxygen atoms in total. The van der Waals surface area contributed by atoms with Gasteiger partial charge >= 0.3 is 17.9 Å². The van der Waals surface area contributed by atoms with Crippen LogP contribution in [0.3, 0.4) is 0 Å². The van der Waals surface area contributed by atoms with Crippen LogP contribution in [-0.2, 0) is 28.6 Å². The summed E-state index contributed by atoms with van der Waals surface area (Å²) in [7, 11) is 0. The fourth-order valence-electron chi connectivity index (χ4n) is 9.55. The monoisotopic (exact) mass is 961 g/mol. The summed E-state index contributed by atoms with van der Waals surface area (Å²) in [6, 6.07) is 0.